The Morgan fingerprint density at radius 1 is 1.31 bits per heavy atom. The summed E-state index contributed by atoms with van der Waals surface area (Å²) >= 11 is 0. The molecule has 2 heterocycles. The number of rotatable bonds is 3. The third-order valence-corrected chi connectivity index (χ3v) is 3.18. The van der Waals surface area contributed by atoms with Crippen LogP contribution in [-0.4, -0.2) is 15.0 Å². The van der Waals surface area contributed by atoms with E-state index in [4.69, 9.17) is 0 Å². The number of nitrogens with zero attached hydrogens (tertiary/aromatic N) is 1. The number of fused-ring (bicyclic) bond motifs is 1. The van der Waals surface area contributed by atoms with E-state index in [9.17, 15) is 4.79 Å². The van der Waals surface area contributed by atoms with Gasteiger partial charge in [-0.3, -0.25) is 4.98 Å². The second-order valence-corrected chi connectivity index (χ2v) is 4.17. The molecule has 0 fully saturated rings. The molecule has 2 rings (SSSR count). The zero-order valence-corrected chi connectivity index (χ0v) is 9.92. The summed E-state index contributed by atoms with van der Waals surface area (Å²) in [7, 11) is 0. The Hall–Kier alpha value is -1.58. The van der Waals surface area contributed by atoms with E-state index >= 15 is 0 Å². The molecule has 2 N–H and O–H groups in total. The van der Waals surface area contributed by atoms with E-state index in [0.29, 0.717) is 11.6 Å². The molecule has 0 aromatic carbocycles. The molecule has 0 saturated carbocycles. The molecule has 0 unspecified atom stereocenters. The maximum atomic E-state index is 11.3. The highest BCUT2D eigenvalue weighted by Crippen LogP contribution is 2.29. The molecule has 4 nitrogen and oxygen atoms in total. The normalized spacial score (nSPS) is 11.5. The van der Waals surface area contributed by atoms with E-state index in [1.807, 2.05) is 13.1 Å². The fourth-order valence-corrected chi connectivity index (χ4v) is 2.32. The van der Waals surface area contributed by atoms with Crippen molar-refractivity contribution in [2.75, 3.05) is 0 Å². The lowest BCUT2D eigenvalue weighted by Crippen LogP contribution is -2.02. The molecule has 0 radical (unpaired) electrons. The molecule has 86 valence electrons. The van der Waals surface area contributed by atoms with E-state index < -0.39 is 0 Å². The van der Waals surface area contributed by atoms with Crippen LogP contribution in [0.25, 0.3) is 11.2 Å². The lowest BCUT2D eigenvalue weighted by molar-refractivity contribution is 0.641. The average molecular weight is 219 g/mol. The van der Waals surface area contributed by atoms with Crippen molar-refractivity contribution in [1.29, 1.82) is 0 Å². The van der Waals surface area contributed by atoms with Gasteiger partial charge in [-0.05, 0) is 36.8 Å². The van der Waals surface area contributed by atoms with Crippen LogP contribution in [0.5, 0.6) is 0 Å². The minimum absolute atomic E-state index is 0.180. The third-order valence-electron chi connectivity index (χ3n) is 3.18. The smallest absolute Gasteiger partial charge is 0.304 e. The molecule has 0 atom stereocenters. The van der Waals surface area contributed by atoms with Gasteiger partial charge in [-0.15, -0.1) is 0 Å². The summed E-state index contributed by atoms with van der Waals surface area (Å²) in [5, 5.41) is 0. The van der Waals surface area contributed by atoms with E-state index in [1.165, 1.54) is 5.56 Å². The quantitative estimate of drug-likeness (QED) is 0.833. The first-order valence-corrected chi connectivity index (χ1v) is 5.74. The molecule has 0 aliphatic heterocycles. The van der Waals surface area contributed by atoms with E-state index in [1.54, 1.807) is 0 Å². The Kier molecular flexibility index (Phi) is 2.81. The molecule has 16 heavy (non-hydrogen) atoms. The maximum absolute atomic E-state index is 11.3. The number of hydrogen-bond acceptors (Lipinski definition) is 2. The highest BCUT2D eigenvalue weighted by atomic mass is 16.1. The second-order valence-electron chi connectivity index (χ2n) is 4.17. The molecule has 2 aromatic rings. The SMILES string of the molecule is CCC(CC)c1c(C)cnc2[nH]c(=O)[nH]c12. The first kappa shape index (κ1) is 10.9. The van der Waals surface area contributed by atoms with Crippen LogP contribution in [0.4, 0.5) is 0 Å². The van der Waals surface area contributed by atoms with Crippen molar-refractivity contribution in [3.63, 3.8) is 0 Å². The lowest BCUT2D eigenvalue weighted by Gasteiger charge is -2.15. The van der Waals surface area contributed by atoms with Crippen LogP contribution in [0.2, 0.25) is 0 Å². The number of aryl methyl sites for hydroxylation is 1. The zero-order chi connectivity index (χ0) is 11.7. The minimum Gasteiger partial charge on any atom is -0.304 e. The summed E-state index contributed by atoms with van der Waals surface area (Å²) in [6.45, 7) is 6.39. The zero-order valence-electron chi connectivity index (χ0n) is 9.92. The second kappa shape index (κ2) is 4.12. The third kappa shape index (κ3) is 1.64. The topological polar surface area (TPSA) is 61.5 Å². The van der Waals surface area contributed by atoms with Crippen LogP contribution in [0.15, 0.2) is 11.0 Å². The van der Waals surface area contributed by atoms with Gasteiger partial charge in [0.1, 0.15) is 0 Å². The number of aromatic nitrogens is 3. The fourth-order valence-electron chi connectivity index (χ4n) is 2.32. The van der Waals surface area contributed by atoms with E-state index in [0.717, 1.165) is 23.9 Å². The number of pyridine rings is 1. The van der Waals surface area contributed by atoms with Gasteiger partial charge in [0.05, 0.1) is 5.52 Å². The van der Waals surface area contributed by atoms with Crippen LogP contribution in [0.1, 0.15) is 43.7 Å². The van der Waals surface area contributed by atoms with Crippen LogP contribution in [0.3, 0.4) is 0 Å². The Labute approximate surface area is 94.1 Å². The first-order chi connectivity index (χ1) is 7.67. The van der Waals surface area contributed by atoms with Crippen molar-refractivity contribution in [3.05, 3.63) is 27.8 Å². The van der Waals surface area contributed by atoms with Crippen LogP contribution in [0, 0.1) is 6.92 Å². The van der Waals surface area contributed by atoms with Crippen LogP contribution in [-0.2, 0) is 0 Å². The highest BCUT2D eigenvalue weighted by molar-refractivity contribution is 5.76. The molecule has 0 aliphatic carbocycles. The van der Waals surface area contributed by atoms with Crippen molar-refractivity contribution in [2.45, 2.75) is 39.5 Å². The predicted molar refractivity (Wildman–Crippen MR) is 64.8 cm³/mol. The molecule has 4 heteroatoms. The Balaban J connectivity index is 2.73. The van der Waals surface area contributed by atoms with E-state index in [2.05, 4.69) is 28.8 Å². The van der Waals surface area contributed by atoms with E-state index in [-0.39, 0.29) is 5.69 Å². The van der Waals surface area contributed by atoms with Gasteiger partial charge in [-0.2, -0.15) is 0 Å². The van der Waals surface area contributed by atoms with Crippen molar-refractivity contribution >= 4 is 11.2 Å². The molecule has 0 bridgehead atoms. The number of imidazole rings is 1. The summed E-state index contributed by atoms with van der Waals surface area (Å²) in [6, 6.07) is 0. The van der Waals surface area contributed by atoms with Crippen molar-refractivity contribution in [1.82, 2.24) is 15.0 Å². The molecule has 0 aliphatic rings. The van der Waals surface area contributed by atoms with Crippen molar-refractivity contribution in [3.8, 4) is 0 Å². The standard InChI is InChI=1S/C12H17N3O/c1-4-8(5-2)9-7(3)6-13-11-10(9)14-12(16)15-11/h6,8H,4-5H2,1-3H3,(H2,13,14,15,16). The number of hydrogen-bond donors (Lipinski definition) is 2. The number of H-pyrrole nitrogens is 2. The van der Waals surface area contributed by atoms with Crippen molar-refractivity contribution < 1.29 is 0 Å². The van der Waals surface area contributed by atoms with Crippen molar-refractivity contribution in [2.24, 2.45) is 0 Å². The largest absolute Gasteiger partial charge is 0.325 e. The molecular weight excluding hydrogens is 202 g/mol. The minimum atomic E-state index is -0.180. The van der Waals surface area contributed by atoms with Crippen LogP contribution < -0.4 is 5.69 Å². The molecule has 0 saturated heterocycles. The van der Waals surface area contributed by atoms with Gasteiger partial charge >= 0.3 is 5.69 Å². The monoisotopic (exact) mass is 219 g/mol. The van der Waals surface area contributed by atoms with Gasteiger partial charge in [-0.1, -0.05) is 13.8 Å². The Morgan fingerprint density at radius 3 is 2.62 bits per heavy atom. The lowest BCUT2D eigenvalue weighted by atomic mass is 9.91. The van der Waals surface area contributed by atoms with Crippen LogP contribution >= 0.6 is 0 Å². The van der Waals surface area contributed by atoms with Gasteiger partial charge in [0, 0.05) is 6.20 Å². The Bertz CT molecular complexity index is 549. The number of aromatic amines is 2. The maximum Gasteiger partial charge on any atom is 0.325 e. The summed E-state index contributed by atoms with van der Waals surface area (Å²) < 4.78 is 0. The Morgan fingerprint density at radius 2 is 2.00 bits per heavy atom. The van der Waals surface area contributed by atoms with Gasteiger partial charge in [0.15, 0.2) is 5.65 Å². The van der Waals surface area contributed by atoms with Gasteiger partial charge in [0.25, 0.3) is 0 Å². The molecular formula is C12H17N3O. The average Bonchev–Trinajstić information content (AvgIpc) is 2.63. The fraction of sp³-hybridized carbons (Fsp3) is 0.500. The summed E-state index contributed by atoms with van der Waals surface area (Å²) in [5.41, 5.74) is 3.74. The number of nitrogens with one attached hydrogen (secondary N) is 2. The van der Waals surface area contributed by atoms with Gasteiger partial charge in [0.2, 0.25) is 0 Å². The van der Waals surface area contributed by atoms with Gasteiger partial charge < -0.3 is 4.98 Å². The summed E-state index contributed by atoms with van der Waals surface area (Å²) in [5.74, 6) is 0.483. The molecule has 0 amide bonds. The van der Waals surface area contributed by atoms with Gasteiger partial charge in [-0.25, -0.2) is 9.78 Å². The predicted octanol–water partition coefficient (Wildman–Crippen LogP) is 2.46. The molecule has 0 spiro atoms. The summed E-state index contributed by atoms with van der Waals surface area (Å²) in [6.07, 6.45) is 3.98. The molecule has 2 aromatic heterocycles. The highest BCUT2D eigenvalue weighted by Gasteiger charge is 2.16. The first-order valence-electron chi connectivity index (χ1n) is 5.74. The summed E-state index contributed by atoms with van der Waals surface area (Å²) in [4.78, 5) is 21.1.